The molecule has 3 nitrogen and oxygen atoms in total. The van der Waals surface area contributed by atoms with E-state index in [0.717, 1.165) is 17.2 Å². The summed E-state index contributed by atoms with van der Waals surface area (Å²) in [5, 5.41) is 3.68. The standard InChI is InChI=1S/C18H29NO2/c1-6-21-17-11-14(7-8-16(17)20-5)19-15-9-10-18(3,4)12-13(15)2/h7-8,11,13,15,19H,6,9-10,12H2,1-5H3. The Morgan fingerprint density at radius 2 is 2.05 bits per heavy atom. The van der Waals surface area contributed by atoms with Crippen LogP contribution >= 0.6 is 0 Å². The number of benzene rings is 1. The number of methoxy groups -OCH3 is 1. The van der Waals surface area contributed by atoms with Gasteiger partial charge in [-0.1, -0.05) is 20.8 Å². The molecule has 1 fully saturated rings. The van der Waals surface area contributed by atoms with Crippen molar-refractivity contribution in [2.45, 2.75) is 53.0 Å². The highest BCUT2D eigenvalue weighted by Crippen LogP contribution is 2.40. The molecule has 1 aromatic carbocycles. The van der Waals surface area contributed by atoms with Gasteiger partial charge in [-0.15, -0.1) is 0 Å². The summed E-state index contributed by atoms with van der Waals surface area (Å²) in [7, 11) is 1.68. The van der Waals surface area contributed by atoms with Gasteiger partial charge in [0.15, 0.2) is 11.5 Å². The smallest absolute Gasteiger partial charge is 0.163 e. The molecule has 0 heterocycles. The largest absolute Gasteiger partial charge is 0.493 e. The van der Waals surface area contributed by atoms with Crippen molar-refractivity contribution < 1.29 is 9.47 Å². The Balaban J connectivity index is 2.07. The zero-order valence-electron chi connectivity index (χ0n) is 14.0. The van der Waals surface area contributed by atoms with Gasteiger partial charge in [0, 0.05) is 17.8 Å². The first-order chi connectivity index (χ1) is 9.95. The summed E-state index contributed by atoms with van der Waals surface area (Å²) in [6.07, 6.45) is 3.78. The molecule has 0 radical (unpaired) electrons. The predicted octanol–water partition coefficient (Wildman–Crippen LogP) is 4.72. The number of anilines is 1. The second-order valence-corrected chi connectivity index (χ2v) is 6.93. The monoisotopic (exact) mass is 291 g/mol. The maximum Gasteiger partial charge on any atom is 0.163 e. The van der Waals surface area contributed by atoms with E-state index in [1.165, 1.54) is 19.3 Å². The number of hydrogen-bond donors (Lipinski definition) is 1. The van der Waals surface area contributed by atoms with Gasteiger partial charge >= 0.3 is 0 Å². The van der Waals surface area contributed by atoms with Gasteiger partial charge in [0.2, 0.25) is 0 Å². The highest BCUT2D eigenvalue weighted by Gasteiger charge is 2.32. The molecule has 1 aliphatic carbocycles. The van der Waals surface area contributed by atoms with Gasteiger partial charge in [-0.2, -0.15) is 0 Å². The summed E-state index contributed by atoms with van der Waals surface area (Å²) >= 11 is 0. The minimum Gasteiger partial charge on any atom is -0.493 e. The van der Waals surface area contributed by atoms with Crippen molar-refractivity contribution in [1.29, 1.82) is 0 Å². The van der Waals surface area contributed by atoms with E-state index in [0.29, 0.717) is 24.0 Å². The fourth-order valence-corrected chi connectivity index (χ4v) is 3.41. The van der Waals surface area contributed by atoms with E-state index < -0.39 is 0 Å². The first-order valence-corrected chi connectivity index (χ1v) is 8.02. The fraction of sp³-hybridized carbons (Fsp3) is 0.667. The lowest BCUT2D eigenvalue weighted by molar-refractivity contribution is 0.177. The first kappa shape index (κ1) is 16.0. The number of ether oxygens (including phenoxy) is 2. The molecular formula is C18H29NO2. The van der Waals surface area contributed by atoms with E-state index in [4.69, 9.17) is 9.47 Å². The average molecular weight is 291 g/mol. The molecule has 0 bridgehead atoms. The van der Waals surface area contributed by atoms with Crippen LogP contribution in [0.5, 0.6) is 11.5 Å². The second-order valence-electron chi connectivity index (χ2n) is 6.93. The zero-order chi connectivity index (χ0) is 15.5. The normalized spacial score (nSPS) is 24.4. The van der Waals surface area contributed by atoms with E-state index in [1.807, 2.05) is 13.0 Å². The van der Waals surface area contributed by atoms with Crippen LogP contribution < -0.4 is 14.8 Å². The maximum absolute atomic E-state index is 5.65. The van der Waals surface area contributed by atoms with Gasteiger partial charge in [-0.3, -0.25) is 0 Å². The van der Waals surface area contributed by atoms with Gasteiger partial charge in [0.1, 0.15) is 0 Å². The summed E-state index contributed by atoms with van der Waals surface area (Å²) in [6, 6.07) is 6.65. The van der Waals surface area contributed by atoms with Crippen LogP contribution in [-0.4, -0.2) is 19.8 Å². The third kappa shape index (κ3) is 4.05. The van der Waals surface area contributed by atoms with E-state index in [9.17, 15) is 0 Å². The topological polar surface area (TPSA) is 30.5 Å². The predicted molar refractivity (Wildman–Crippen MR) is 88.4 cm³/mol. The average Bonchev–Trinajstić information content (AvgIpc) is 2.42. The van der Waals surface area contributed by atoms with E-state index in [1.54, 1.807) is 7.11 Å². The molecule has 1 saturated carbocycles. The van der Waals surface area contributed by atoms with Crippen LogP contribution in [0.1, 0.15) is 47.0 Å². The molecule has 0 amide bonds. The van der Waals surface area contributed by atoms with Crippen molar-refractivity contribution in [2.24, 2.45) is 11.3 Å². The second kappa shape index (κ2) is 6.59. The molecule has 3 heteroatoms. The summed E-state index contributed by atoms with van der Waals surface area (Å²) in [5.41, 5.74) is 1.60. The van der Waals surface area contributed by atoms with E-state index >= 15 is 0 Å². The van der Waals surface area contributed by atoms with Gasteiger partial charge in [-0.25, -0.2) is 0 Å². The van der Waals surface area contributed by atoms with Crippen molar-refractivity contribution >= 4 is 5.69 Å². The van der Waals surface area contributed by atoms with Crippen molar-refractivity contribution in [3.63, 3.8) is 0 Å². The summed E-state index contributed by atoms with van der Waals surface area (Å²) in [4.78, 5) is 0. The molecule has 0 spiro atoms. The molecular weight excluding hydrogens is 262 g/mol. The first-order valence-electron chi connectivity index (χ1n) is 8.02. The number of nitrogens with one attached hydrogen (secondary N) is 1. The molecule has 1 N–H and O–H groups in total. The Morgan fingerprint density at radius 3 is 2.67 bits per heavy atom. The lowest BCUT2D eigenvalue weighted by Gasteiger charge is -2.40. The van der Waals surface area contributed by atoms with Crippen LogP contribution in [0, 0.1) is 11.3 Å². The lowest BCUT2D eigenvalue weighted by atomic mass is 9.70. The summed E-state index contributed by atoms with van der Waals surface area (Å²) in [6.45, 7) is 9.74. The highest BCUT2D eigenvalue weighted by molar-refractivity contribution is 5.55. The van der Waals surface area contributed by atoms with Gasteiger partial charge in [-0.05, 0) is 49.7 Å². The summed E-state index contributed by atoms with van der Waals surface area (Å²) < 4.78 is 11.0. The van der Waals surface area contributed by atoms with Crippen LogP contribution in [0.2, 0.25) is 0 Å². The van der Waals surface area contributed by atoms with Crippen LogP contribution in [-0.2, 0) is 0 Å². The lowest BCUT2D eigenvalue weighted by Crippen LogP contribution is -2.36. The summed E-state index contributed by atoms with van der Waals surface area (Å²) in [5.74, 6) is 2.29. The van der Waals surface area contributed by atoms with Crippen LogP contribution in [0.4, 0.5) is 5.69 Å². The Hall–Kier alpha value is -1.38. The molecule has 2 unspecified atom stereocenters. The SMILES string of the molecule is CCOc1cc(NC2CCC(C)(C)CC2C)ccc1OC. The Bertz CT molecular complexity index is 470. The van der Waals surface area contributed by atoms with Gasteiger partial charge in [0.25, 0.3) is 0 Å². The Labute approximate surface area is 129 Å². The molecule has 1 aromatic rings. The van der Waals surface area contributed by atoms with Crippen molar-refractivity contribution in [3.8, 4) is 11.5 Å². The molecule has 118 valence electrons. The van der Waals surface area contributed by atoms with Crippen molar-refractivity contribution in [3.05, 3.63) is 18.2 Å². The molecule has 21 heavy (non-hydrogen) atoms. The molecule has 0 aliphatic heterocycles. The van der Waals surface area contributed by atoms with Crippen LogP contribution in [0.3, 0.4) is 0 Å². The third-order valence-electron chi connectivity index (χ3n) is 4.51. The minimum atomic E-state index is 0.480. The highest BCUT2D eigenvalue weighted by atomic mass is 16.5. The molecule has 0 aromatic heterocycles. The molecule has 2 rings (SSSR count). The van der Waals surface area contributed by atoms with Gasteiger partial charge < -0.3 is 14.8 Å². The maximum atomic E-state index is 5.65. The fourth-order valence-electron chi connectivity index (χ4n) is 3.41. The van der Waals surface area contributed by atoms with Crippen LogP contribution in [0.25, 0.3) is 0 Å². The Morgan fingerprint density at radius 1 is 1.29 bits per heavy atom. The van der Waals surface area contributed by atoms with Gasteiger partial charge in [0.05, 0.1) is 13.7 Å². The minimum absolute atomic E-state index is 0.480. The molecule has 0 saturated heterocycles. The Kier molecular flexibility index (Phi) is 5.02. The third-order valence-corrected chi connectivity index (χ3v) is 4.51. The van der Waals surface area contributed by atoms with Crippen molar-refractivity contribution in [1.82, 2.24) is 0 Å². The van der Waals surface area contributed by atoms with E-state index in [-0.39, 0.29) is 0 Å². The quantitative estimate of drug-likeness (QED) is 0.851. The molecule has 2 atom stereocenters. The molecule has 1 aliphatic rings. The zero-order valence-corrected chi connectivity index (χ0v) is 14.0. The van der Waals surface area contributed by atoms with E-state index in [2.05, 4.69) is 38.2 Å². The van der Waals surface area contributed by atoms with Crippen molar-refractivity contribution in [2.75, 3.05) is 19.0 Å². The van der Waals surface area contributed by atoms with Crippen LogP contribution in [0.15, 0.2) is 18.2 Å². The number of rotatable bonds is 5. The number of hydrogen-bond acceptors (Lipinski definition) is 3.